The van der Waals surface area contributed by atoms with E-state index in [2.05, 4.69) is 10.3 Å². The highest BCUT2D eigenvalue weighted by molar-refractivity contribution is 6.30. The third-order valence-electron chi connectivity index (χ3n) is 3.31. The van der Waals surface area contributed by atoms with Crippen molar-refractivity contribution in [2.75, 3.05) is 0 Å². The normalized spacial score (nSPS) is 12.7. The summed E-state index contributed by atoms with van der Waals surface area (Å²) >= 11 is 5.88. The Balaban J connectivity index is 3.20. The number of nitrogens with zero attached hydrogens (tertiary/aromatic N) is 2. The molecule has 24 heavy (non-hydrogen) atoms. The van der Waals surface area contributed by atoms with Gasteiger partial charge in [-0.1, -0.05) is 37.1 Å². The SMILES string of the molecule is C\C=C(Cl)/N=C(\C=C\CCC)NC(=O)c1c(O)cc(C)n(C)c1=O. The quantitative estimate of drug-likeness (QED) is 0.486. The van der Waals surface area contributed by atoms with Crippen LogP contribution in [0.15, 0.2) is 39.2 Å². The first kappa shape index (κ1) is 19.7. The first-order valence-corrected chi connectivity index (χ1v) is 7.97. The number of aryl methyl sites for hydroxylation is 1. The van der Waals surface area contributed by atoms with E-state index < -0.39 is 11.5 Å². The van der Waals surface area contributed by atoms with Crippen LogP contribution in [0.4, 0.5) is 0 Å². The molecule has 1 heterocycles. The van der Waals surface area contributed by atoms with Crippen molar-refractivity contribution in [2.45, 2.75) is 33.6 Å². The fourth-order valence-corrected chi connectivity index (χ4v) is 1.94. The topological polar surface area (TPSA) is 83.7 Å². The smallest absolute Gasteiger partial charge is 0.267 e. The number of amides is 1. The molecule has 0 bridgehead atoms. The van der Waals surface area contributed by atoms with E-state index in [0.29, 0.717) is 5.69 Å². The molecule has 0 aromatic carbocycles. The van der Waals surface area contributed by atoms with Crippen molar-refractivity contribution in [3.63, 3.8) is 0 Å². The second kappa shape index (κ2) is 9.08. The lowest BCUT2D eigenvalue weighted by Crippen LogP contribution is -2.35. The maximum Gasteiger partial charge on any atom is 0.267 e. The predicted octanol–water partition coefficient (Wildman–Crippen LogP) is 2.98. The van der Waals surface area contributed by atoms with Crippen molar-refractivity contribution in [3.8, 4) is 5.75 Å². The summed E-state index contributed by atoms with van der Waals surface area (Å²) in [6.45, 7) is 5.39. The number of rotatable bonds is 5. The average molecular weight is 352 g/mol. The van der Waals surface area contributed by atoms with Crippen molar-refractivity contribution in [1.29, 1.82) is 0 Å². The summed E-state index contributed by atoms with van der Waals surface area (Å²) in [5, 5.41) is 12.7. The van der Waals surface area contributed by atoms with E-state index in [9.17, 15) is 14.7 Å². The molecule has 7 heteroatoms. The Hall–Kier alpha value is -2.34. The van der Waals surface area contributed by atoms with Crippen molar-refractivity contribution in [3.05, 3.63) is 51.1 Å². The van der Waals surface area contributed by atoms with Gasteiger partial charge in [0, 0.05) is 18.8 Å². The summed E-state index contributed by atoms with van der Waals surface area (Å²) in [7, 11) is 1.53. The number of aliphatic imine (C=N–C) groups is 1. The van der Waals surface area contributed by atoms with Crippen molar-refractivity contribution in [1.82, 2.24) is 9.88 Å². The molecule has 0 saturated heterocycles. The van der Waals surface area contributed by atoms with Crippen molar-refractivity contribution < 1.29 is 9.90 Å². The molecule has 1 aromatic rings. The van der Waals surface area contributed by atoms with Crippen molar-refractivity contribution >= 4 is 23.3 Å². The molecule has 0 aliphatic carbocycles. The number of pyridine rings is 1. The molecule has 2 N–H and O–H groups in total. The Morgan fingerprint density at radius 2 is 2.17 bits per heavy atom. The second-order valence-corrected chi connectivity index (χ2v) is 5.55. The lowest BCUT2D eigenvalue weighted by Gasteiger charge is -2.10. The van der Waals surface area contributed by atoms with Gasteiger partial charge in [0.25, 0.3) is 11.5 Å². The molecule has 0 saturated carbocycles. The van der Waals surface area contributed by atoms with E-state index >= 15 is 0 Å². The minimum Gasteiger partial charge on any atom is -0.507 e. The van der Waals surface area contributed by atoms with Crippen LogP contribution in [0.2, 0.25) is 0 Å². The fourth-order valence-electron chi connectivity index (χ4n) is 1.84. The number of carbonyl (C=O) groups excluding carboxylic acids is 1. The Labute approximate surface area is 146 Å². The third-order valence-corrected chi connectivity index (χ3v) is 3.62. The maximum atomic E-state index is 12.4. The van der Waals surface area contributed by atoms with Gasteiger partial charge in [-0.2, -0.15) is 0 Å². The average Bonchev–Trinajstić information content (AvgIpc) is 2.52. The minimum atomic E-state index is -0.742. The van der Waals surface area contributed by atoms with Gasteiger partial charge < -0.3 is 15.0 Å². The van der Waals surface area contributed by atoms with E-state index in [1.165, 1.54) is 17.7 Å². The summed E-state index contributed by atoms with van der Waals surface area (Å²) in [5.74, 6) is -0.922. The summed E-state index contributed by atoms with van der Waals surface area (Å²) in [6, 6.07) is 1.36. The maximum absolute atomic E-state index is 12.4. The summed E-state index contributed by atoms with van der Waals surface area (Å²) < 4.78 is 1.29. The van der Waals surface area contributed by atoms with Crippen LogP contribution in [0, 0.1) is 6.92 Å². The van der Waals surface area contributed by atoms with Crippen LogP contribution < -0.4 is 10.9 Å². The number of carbonyl (C=O) groups is 1. The number of aromatic hydroxyl groups is 1. The highest BCUT2D eigenvalue weighted by Crippen LogP contribution is 2.14. The number of hydrogen-bond acceptors (Lipinski definition) is 4. The number of allylic oxidation sites excluding steroid dienone is 2. The van der Waals surface area contributed by atoms with Gasteiger partial charge in [0.15, 0.2) is 0 Å². The van der Waals surface area contributed by atoms with E-state index in [1.807, 2.05) is 13.0 Å². The molecule has 1 amide bonds. The van der Waals surface area contributed by atoms with Crippen LogP contribution in [0.3, 0.4) is 0 Å². The Bertz CT molecular complexity index is 761. The summed E-state index contributed by atoms with van der Waals surface area (Å²) in [5.41, 5.74) is -0.377. The van der Waals surface area contributed by atoms with Gasteiger partial charge in [-0.05, 0) is 26.3 Å². The van der Waals surface area contributed by atoms with Gasteiger partial charge in [-0.25, -0.2) is 4.99 Å². The van der Waals surface area contributed by atoms with E-state index in [0.717, 1.165) is 12.8 Å². The van der Waals surface area contributed by atoms with E-state index in [4.69, 9.17) is 11.6 Å². The van der Waals surface area contributed by atoms with Gasteiger partial charge in [0.2, 0.25) is 0 Å². The monoisotopic (exact) mass is 351 g/mol. The molecule has 0 aliphatic rings. The predicted molar refractivity (Wildman–Crippen MR) is 96.6 cm³/mol. The van der Waals surface area contributed by atoms with Crippen molar-refractivity contribution in [2.24, 2.45) is 12.0 Å². The molecular weight excluding hydrogens is 330 g/mol. The molecule has 1 rings (SSSR count). The summed E-state index contributed by atoms with van der Waals surface area (Å²) in [6.07, 6.45) is 6.77. The Morgan fingerprint density at radius 3 is 2.75 bits per heavy atom. The highest BCUT2D eigenvalue weighted by Gasteiger charge is 2.19. The van der Waals surface area contributed by atoms with Crippen LogP contribution in [-0.4, -0.2) is 21.4 Å². The van der Waals surface area contributed by atoms with E-state index in [1.54, 1.807) is 26.0 Å². The van der Waals surface area contributed by atoms with Gasteiger partial charge >= 0.3 is 0 Å². The Morgan fingerprint density at radius 1 is 1.50 bits per heavy atom. The van der Waals surface area contributed by atoms with E-state index in [-0.39, 0.29) is 22.3 Å². The molecule has 0 aliphatic heterocycles. The second-order valence-electron chi connectivity index (χ2n) is 5.16. The van der Waals surface area contributed by atoms with Gasteiger partial charge in [-0.3, -0.25) is 9.59 Å². The van der Waals surface area contributed by atoms with Gasteiger partial charge in [-0.15, -0.1) is 0 Å². The lowest BCUT2D eigenvalue weighted by molar-refractivity contribution is 0.0972. The Kier molecular flexibility index (Phi) is 7.45. The van der Waals surface area contributed by atoms with Crippen LogP contribution in [-0.2, 0) is 7.05 Å². The van der Waals surface area contributed by atoms with Crippen LogP contribution in [0.1, 0.15) is 42.7 Å². The molecule has 130 valence electrons. The number of amidine groups is 1. The number of unbranched alkanes of at least 4 members (excludes halogenated alkanes) is 1. The zero-order chi connectivity index (χ0) is 18.3. The first-order chi connectivity index (χ1) is 11.3. The van der Waals surface area contributed by atoms with Crippen LogP contribution in [0.25, 0.3) is 0 Å². The number of aromatic nitrogens is 1. The molecule has 0 spiro atoms. The van der Waals surface area contributed by atoms with Crippen LogP contribution >= 0.6 is 11.6 Å². The molecule has 0 radical (unpaired) electrons. The largest absolute Gasteiger partial charge is 0.507 e. The number of nitrogens with one attached hydrogen (secondary N) is 1. The number of halogens is 1. The lowest BCUT2D eigenvalue weighted by atomic mass is 10.2. The molecular formula is C17H22ClN3O3. The molecule has 6 nitrogen and oxygen atoms in total. The molecule has 0 atom stereocenters. The van der Waals surface area contributed by atoms with Crippen LogP contribution in [0.5, 0.6) is 5.75 Å². The molecule has 1 aromatic heterocycles. The highest BCUT2D eigenvalue weighted by atomic mass is 35.5. The van der Waals surface area contributed by atoms with Gasteiger partial charge in [0.1, 0.15) is 22.3 Å². The standard InChI is InChI=1S/C17H22ClN3O3/c1-5-7-8-9-14(19-13(18)6-2)20-16(23)15-12(22)10-11(3)21(4)17(15)24/h6,8-10,22H,5,7H2,1-4H3,(H,19,20,23)/b9-8+,13-6-. The molecule has 0 unspecified atom stereocenters. The number of hydrogen-bond donors (Lipinski definition) is 2. The zero-order valence-corrected chi connectivity index (χ0v) is 15.0. The summed E-state index contributed by atoms with van der Waals surface area (Å²) in [4.78, 5) is 28.7. The third kappa shape index (κ3) is 5.09. The molecule has 0 fully saturated rings. The minimum absolute atomic E-state index is 0.193. The van der Waals surface area contributed by atoms with Gasteiger partial charge in [0.05, 0.1) is 0 Å². The zero-order valence-electron chi connectivity index (χ0n) is 14.3. The first-order valence-electron chi connectivity index (χ1n) is 7.59. The fraction of sp³-hybridized carbons (Fsp3) is 0.353.